The van der Waals surface area contributed by atoms with Crippen molar-refractivity contribution >= 4 is 0 Å². The van der Waals surface area contributed by atoms with Crippen LogP contribution in [0, 0.1) is 5.92 Å². The second-order valence-electron chi connectivity index (χ2n) is 6.54. The molecule has 0 bridgehead atoms. The largest absolute Gasteiger partial charge is 0.380 e. The van der Waals surface area contributed by atoms with E-state index in [9.17, 15) is 0 Å². The maximum Gasteiger partial charge on any atom is 0.0593 e. The Morgan fingerprint density at radius 3 is 2.67 bits per heavy atom. The summed E-state index contributed by atoms with van der Waals surface area (Å²) in [4.78, 5) is 2.58. The number of hydrogen-bond donors (Lipinski definition) is 1. The minimum Gasteiger partial charge on any atom is -0.380 e. The number of nitrogens with one attached hydrogen (secondary N) is 1. The molecule has 0 spiro atoms. The van der Waals surface area contributed by atoms with Crippen LogP contribution in [0.1, 0.15) is 47.5 Å². The Balaban J connectivity index is 2.25. The van der Waals surface area contributed by atoms with Gasteiger partial charge < -0.3 is 10.1 Å². The number of piperazine rings is 1. The van der Waals surface area contributed by atoms with Gasteiger partial charge in [-0.3, -0.25) is 4.90 Å². The van der Waals surface area contributed by atoms with Crippen LogP contribution in [0.4, 0.5) is 0 Å². The van der Waals surface area contributed by atoms with Crippen molar-refractivity contribution < 1.29 is 4.74 Å². The molecular weight excluding hydrogens is 224 g/mol. The molecule has 18 heavy (non-hydrogen) atoms. The highest BCUT2D eigenvalue weighted by Gasteiger charge is 2.32. The van der Waals surface area contributed by atoms with Gasteiger partial charge in [0.2, 0.25) is 0 Å². The minimum atomic E-state index is 0.257. The number of hydrogen-bond acceptors (Lipinski definition) is 3. The van der Waals surface area contributed by atoms with Crippen molar-refractivity contribution in [2.75, 3.05) is 32.8 Å². The first-order valence-corrected chi connectivity index (χ1v) is 7.52. The van der Waals surface area contributed by atoms with Crippen LogP contribution in [0.15, 0.2) is 0 Å². The number of nitrogens with zero attached hydrogens (tertiary/aromatic N) is 1. The summed E-state index contributed by atoms with van der Waals surface area (Å²) < 4.78 is 5.75. The van der Waals surface area contributed by atoms with E-state index in [1.807, 2.05) is 0 Å². The zero-order chi connectivity index (χ0) is 13.6. The lowest BCUT2D eigenvalue weighted by molar-refractivity contribution is 0.0261. The predicted octanol–water partition coefficient (Wildman–Crippen LogP) is 2.51. The quantitative estimate of drug-likeness (QED) is 0.708. The Morgan fingerprint density at radius 2 is 2.06 bits per heavy atom. The normalized spacial score (nSPS) is 24.7. The van der Waals surface area contributed by atoms with Crippen molar-refractivity contribution in [2.24, 2.45) is 5.92 Å². The molecule has 108 valence electrons. The summed E-state index contributed by atoms with van der Waals surface area (Å²) in [5.74, 6) is 0.741. The SMILES string of the molecule is CCC1CN(CCOCCC(C)C)C(C)(C)CN1. The third-order valence-corrected chi connectivity index (χ3v) is 3.96. The van der Waals surface area contributed by atoms with E-state index in [1.165, 1.54) is 12.8 Å². The Bertz CT molecular complexity index is 229. The first kappa shape index (κ1) is 15.9. The third-order valence-electron chi connectivity index (χ3n) is 3.96. The van der Waals surface area contributed by atoms with Gasteiger partial charge in [-0.05, 0) is 32.6 Å². The van der Waals surface area contributed by atoms with Crippen molar-refractivity contribution in [1.82, 2.24) is 10.2 Å². The average Bonchev–Trinajstić information content (AvgIpc) is 2.30. The lowest BCUT2D eigenvalue weighted by Crippen LogP contribution is -2.62. The van der Waals surface area contributed by atoms with Crippen molar-refractivity contribution in [1.29, 1.82) is 0 Å². The van der Waals surface area contributed by atoms with E-state index in [-0.39, 0.29) is 5.54 Å². The molecule has 1 rings (SSSR count). The third kappa shape index (κ3) is 5.25. The van der Waals surface area contributed by atoms with Gasteiger partial charge in [-0.2, -0.15) is 0 Å². The maximum atomic E-state index is 5.75. The van der Waals surface area contributed by atoms with E-state index in [0.29, 0.717) is 6.04 Å². The fourth-order valence-corrected chi connectivity index (χ4v) is 2.35. The number of ether oxygens (including phenoxy) is 1. The second kappa shape index (κ2) is 7.46. The van der Waals surface area contributed by atoms with Gasteiger partial charge in [0, 0.05) is 37.8 Å². The molecule has 0 aliphatic carbocycles. The van der Waals surface area contributed by atoms with Crippen LogP contribution in [0.3, 0.4) is 0 Å². The molecule has 1 aliphatic heterocycles. The molecule has 1 saturated heterocycles. The highest BCUT2D eigenvalue weighted by molar-refractivity contribution is 4.92. The molecule has 0 saturated carbocycles. The predicted molar refractivity (Wildman–Crippen MR) is 78.0 cm³/mol. The van der Waals surface area contributed by atoms with E-state index in [0.717, 1.165) is 38.8 Å². The van der Waals surface area contributed by atoms with E-state index in [4.69, 9.17) is 4.74 Å². The summed E-state index contributed by atoms with van der Waals surface area (Å²) >= 11 is 0. The zero-order valence-corrected chi connectivity index (χ0v) is 13.0. The molecule has 3 nitrogen and oxygen atoms in total. The topological polar surface area (TPSA) is 24.5 Å². The van der Waals surface area contributed by atoms with Gasteiger partial charge in [-0.25, -0.2) is 0 Å². The zero-order valence-electron chi connectivity index (χ0n) is 13.0. The Morgan fingerprint density at radius 1 is 1.33 bits per heavy atom. The monoisotopic (exact) mass is 256 g/mol. The van der Waals surface area contributed by atoms with Crippen LogP contribution in [0.2, 0.25) is 0 Å². The van der Waals surface area contributed by atoms with Gasteiger partial charge >= 0.3 is 0 Å². The summed E-state index contributed by atoms with van der Waals surface area (Å²) in [6.07, 6.45) is 2.38. The Kier molecular flexibility index (Phi) is 6.61. The van der Waals surface area contributed by atoms with Crippen LogP contribution in [0.5, 0.6) is 0 Å². The summed E-state index contributed by atoms with van der Waals surface area (Å²) in [6.45, 7) is 16.4. The van der Waals surface area contributed by atoms with E-state index in [1.54, 1.807) is 0 Å². The average molecular weight is 256 g/mol. The van der Waals surface area contributed by atoms with Crippen LogP contribution in [-0.2, 0) is 4.74 Å². The molecule has 1 N–H and O–H groups in total. The highest BCUT2D eigenvalue weighted by Crippen LogP contribution is 2.19. The van der Waals surface area contributed by atoms with Gasteiger partial charge in [-0.15, -0.1) is 0 Å². The molecule has 1 aliphatic rings. The highest BCUT2D eigenvalue weighted by atomic mass is 16.5. The van der Waals surface area contributed by atoms with Crippen LogP contribution in [0.25, 0.3) is 0 Å². The van der Waals surface area contributed by atoms with E-state index >= 15 is 0 Å². The van der Waals surface area contributed by atoms with Gasteiger partial charge in [0.25, 0.3) is 0 Å². The molecule has 0 radical (unpaired) electrons. The molecule has 1 unspecified atom stereocenters. The first-order chi connectivity index (χ1) is 8.45. The standard InChI is InChI=1S/C15H32N2O/c1-6-14-11-17(15(4,5)12-16-14)8-10-18-9-7-13(2)3/h13-14,16H,6-12H2,1-5H3. The molecule has 1 heterocycles. The smallest absolute Gasteiger partial charge is 0.0593 e. The summed E-state index contributed by atoms with van der Waals surface area (Å²) in [7, 11) is 0. The first-order valence-electron chi connectivity index (χ1n) is 7.52. The van der Waals surface area contributed by atoms with Crippen LogP contribution < -0.4 is 5.32 Å². The van der Waals surface area contributed by atoms with E-state index < -0.39 is 0 Å². The summed E-state index contributed by atoms with van der Waals surface area (Å²) in [5, 5.41) is 3.62. The number of rotatable bonds is 7. The fourth-order valence-electron chi connectivity index (χ4n) is 2.35. The van der Waals surface area contributed by atoms with Crippen LogP contribution >= 0.6 is 0 Å². The molecule has 3 heteroatoms. The van der Waals surface area contributed by atoms with Crippen molar-refractivity contribution in [3.05, 3.63) is 0 Å². The van der Waals surface area contributed by atoms with Gasteiger partial charge in [0.15, 0.2) is 0 Å². The van der Waals surface area contributed by atoms with Gasteiger partial charge in [0.05, 0.1) is 6.61 Å². The van der Waals surface area contributed by atoms with Crippen LogP contribution in [-0.4, -0.2) is 49.3 Å². The molecule has 0 aromatic rings. The summed E-state index contributed by atoms with van der Waals surface area (Å²) in [6, 6.07) is 0.647. The molecule has 0 amide bonds. The Labute approximate surface area is 113 Å². The van der Waals surface area contributed by atoms with Crippen molar-refractivity contribution in [3.8, 4) is 0 Å². The van der Waals surface area contributed by atoms with E-state index in [2.05, 4.69) is 44.8 Å². The lowest BCUT2D eigenvalue weighted by atomic mass is 9.96. The fraction of sp³-hybridized carbons (Fsp3) is 1.00. The lowest BCUT2D eigenvalue weighted by Gasteiger charge is -2.46. The van der Waals surface area contributed by atoms with Crippen molar-refractivity contribution in [2.45, 2.75) is 59.0 Å². The Hall–Kier alpha value is -0.120. The minimum absolute atomic E-state index is 0.257. The van der Waals surface area contributed by atoms with Crippen molar-refractivity contribution in [3.63, 3.8) is 0 Å². The summed E-state index contributed by atoms with van der Waals surface area (Å²) in [5.41, 5.74) is 0.257. The molecular formula is C15H32N2O. The van der Waals surface area contributed by atoms with Gasteiger partial charge in [0.1, 0.15) is 0 Å². The molecule has 1 atom stereocenters. The molecule has 0 aromatic heterocycles. The molecule has 1 fully saturated rings. The van der Waals surface area contributed by atoms with Gasteiger partial charge in [-0.1, -0.05) is 20.8 Å². The maximum absolute atomic E-state index is 5.75. The second-order valence-corrected chi connectivity index (χ2v) is 6.54. The molecule has 0 aromatic carbocycles.